The molecule has 0 aliphatic carbocycles. The number of halogens is 1. The summed E-state index contributed by atoms with van der Waals surface area (Å²) in [4.78, 5) is 4.53. The maximum Gasteiger partial charge on any atom is 0.146 e. The zero-order valence-electron chi connectivity index (χ0n) is 11.9. The smallest absolute Gasteiger partial charge is 0.146 e. The van der Waals surface area contributed by atoms with Gasteiger partial charge in [-0.1, -0.05) is 12.1 Å². The van der Waals surface area contributed by atoms with Crippen LogP contribution in [0.25, 0.3) is 0 Å². The second-order valence-corrected chi connectivity index (χ2v) is 6.02. The summed E-state index contributed by atoms with van der Waals surface area (Å²) in [5.41, 5.74) is 6.62. The fourth-order valence-corrected chi connectivity index (χ4v) is 2.37. The van der Waals surface area contributed by atoms with Crippen molar-refractivity contribution in [3.05, 3.63) is 30.1 Å². The van der Waals surface area contributed by atoms with Gasteiger partial charge in [0.2, 0.25) is 0 Å². The summed E-state index contributed by atoms with van der Waals surface area (Å²) in [7, 11) is 0. The Hall–Kier alpha value is -1.13. The van der Waals surface area contributed by atoms with Crippen LogP contribution in [-0.4, -0.2) is 43.2 Å². The molecule has 19 heavy (non-hydrogen) atoms. The van der Waals surface area contributed by atoms with Crippen molar-refractivity contribution in [2.24, 2.45) is 5.73 Å². The van der Waals surface area contributed by atoms with E-state index in [4.69, 9.17) is 5.73 Å². The summed E-state index contributed by atoms with van der Waals surface area (Å²) in [5.74, 6) is -0.126. The van der Waals surface area contributed by atoms with E-state index in [0.717, 1.165) is 44.8 Å². The number of benzene rings is 1. The Balaban J connectivity index is 1.84. The molecule has 0 radical (unpaired) electrons. The van der Waals surface area contributed by atoms with Crippen molar-refractivity contribution < 1.29 is 4.39 Å². The van der Waals surface area contributed by atoms with Gasteiger partial charge in [-0.25, -0.2) is 4.39 Å². The van der Waals surface area contributed by atoms with Crippen LogP contribution >= 0.6 is 0 Å². The van der Waals surface area contributed by atoms with E-state index in [0.29, 0.717) is 0 Å². The molecule has 1 aliphatic rings. The van der Waals surface area contributed by atoms with Crippen molar-refractivity contribution >= 4 is 5.69 Å². The van der Waals surface area contributed by atoms with Crippen LogP contribution < -0.4 is 10.6 Å². The predicted octanol–water partition coefficient (Wildman–Crippen LogP) is 2.08. The molecule has 0 atom stereocenters. The number of hydrogen-bond donors (Lipinski definition) is 1. The minimum atomic E-state index is -0.126. The minimum absolute atomic E-state index is 0.108. The maximum absolute atomic E-state index is 13.7. The summed E-state index contributed by atoms with van der Waals surface area (Å²) in [6.45, 7) is 8.85. The number of para-hydroxylation sites is 1. The topological polar surface area (TPSA) is 32.5 Å². The summed E-state index contributed by atoms with van der Waals surface area (Å²) in [6, 6.07) is 7.01. The lowest BCUT2D eigenvalue weighted by Gasteiger charge is -2.37. The van der Waals surface area contributed by atoms with Gasteiger partial charge in [-0.3, -0.25) is 4.90 Å². The maximum atomic E-state index is 13.7. The highest BCUT2D eigenvalue weighted by molar-refractivity contribution is 5.47. The molecule has 2 rings (SSSR count). The molecular formula is C15H24FN3. The summed E-state index contributed by atoms with van der Waals surface area (Å²) >= 11 is 0. The summed E-state index contributed by atoms with van der Waals surface area (Å²) in [5, 5.41) is 0. The lowest BCUT2D eigenvalue weighted by Crippen LogP contribution is -2.48. The largest absolute Gasteiger partial charge is 0.367 e. The van der Waals surface area contributed by atoms with Gasteiger partial charge in [0.05, 0.1) is 5.69 Å². The van der Waals surface area contributed by atoms with Crippen LogP contribution in [-0.2, 0) is 0 Å². The molecule has 0 aromatic heterocycles. The normalized spacial score (nSPS) is 17.8. The molecule has 2 N–H and O–H groups in total. The van der Waals surface area contributed by atoms with E-state index in [-0.39, 0.29) is 11.4 Å². The van der Waals surface area contributed by atoms with Gasteiger partial charge < -0.3 is 10.6 Å². The Morgan fingerprint density at radius 1 is 1.16 bits per heavy atom. The molecule has 0 amide bonds. The number of nitrogens with two attached hydrogens (primary N) is 1. The van der Waals surface area contributed by atoms with Crippen molar-refractivity contribution in [3.8, 4) is 0 Å². The van der Waals surface area contributed by atoms with E-state index in [1.165, 1.54) is 6.07 Å². The number of rotatable bonds is 4. The summed E-state index contributed by atoms with van der Waals surface area (Å²) in [6.07, 6.45) is 0.993. The molecule has 1 heterocycles. The van der Waals surface area contributed by atoms with Crippen molar-refractivity contribution in [1.29, 1.82) is 0 Å². The van der Waals surface area contributed by atoms with E-state index >= 15 is 0 Å². The molecule has 106 valence electrons. The first kappa shape index (κ1) is 14.3. The van der Waals surface area contributed by atoms with Crippen LogP contribution in [0.4, 0.5) is 10.1 Å². The van der Waals surface area contributed by atoms with Gasteiger partial charge in [0.1, 0.15) is 5.82 Å². The highest BCUT2D eigenvalue weighted by atomic mass is 19.1. The first-order valence-electron chi connectivity index (χ1n) is 6.96. The van der Waals surface area contributed by atoms with Crippen LogP contribution in [0.3, 0.4) is 0 Å². The quantitative estimate of drug-likeness (QED) is 0.904. The van der Waals surface area contributed by atoms with Gasteiger partial charge in [0.25, 0.3) is 0 Å². The van der Waals surface area contributed by atoms with Crippen LogP contribution in [0.1, 0.15) is 20.3 Å². The molecule has 1 aromatic carbocycles. The third-order valence-corrected chi connectivity index (χ3v) is 3.64. The molecule has 0 spiro atoms. The van der Waals surface area contributed by atoms with Gasteiger partial charge in [-0.2, -0.15) is 0 Å². The monoisotopic (exact) mass is 265 g/mol. The molecule has 1 fully saturated rings. The Bertz CT molecular complexity index is 406. The van der Waals surface area contributed by atoms with E-state index in [1.54, 1.807) is 6.07 Å². The Morgan fingerprint density at radius 2 is 1.79 bits per heavy atom. The number of hydrogen-bond acceptors (Lipinski definition) is 3. The lowest BCUT2D eigenvalue weighted by molar-refractivity contribution is 0.235. The van der Waals surface area contributed by atoms with E-state index < -0.39 is 0 Å². The van der Waals surface area contributed by atoms with Crippen LogP contribution in [0.5, 0.6) is 0 Å². The Morgan fingerprint density at radius 3 is 2.37 bits per heavy atom. The fraction of sp³-hybridized carbons (Fsp3) is 0.600. The highest BCUT2D eigenvalue weighted by Gasteiger charge is 2.20. The molecule has 0 saturated carbocycles. The summed E-state index contributed by atoms with van der Waals surface area (Å²) < 4.78 is 13.7. The van der Waals surface area contributed by atoms with Gasteiger partial charge in [0.15, 0.2) is 0 Å². The van der Waals surface area contributed by atoms with E-state index in [1.807, 2.05) is 12.1 Å². The zero-order valence-corrected chi connectivity index (χ0v) is 11.9. The molecule has 1 saturated heterocycles. The molecule has 4 heteroatoms. The molecule has 0 unspecified atom stereocenters. The first-order valence-corrected chi connectivity index (χ1v) is 6.96. The first-order chi connectivity index (χ1) is 8.96. The van der Waals surface area contributed by atoms with Crippen molar-refractivity contribution in [2.45, 2.75) is 25.8 Å². The SMILES string of the molecule is CC(C)(N)CCN1CCN(c2ccccc2F)CC1. The number of nitrogens with zero attached hydrogens (tertiary/aromatic N) is 2. The fourth-order valence-electron chi connectivity index (χ4n) is 2.37. The van der Waals surface area contributed by atoms with Crippen LogP contribution in [0, 0.1) is 5.82 Å². The van der Waals surface area contributed by atoms with Crippen molar-refractivity contribution in [2.75, 3.05) is 37.6 Å². The highest BCUT2D eigenvalue weighted by Crippen LogP contribution is 2.20. The van der Waals surface area contributed by atoms with Crippen LogP contribution in [0.15, 0.2) is 24.3 Å². The van der Waals surface area contributed by atoms with Gasteiger partial charge in [0, 0.05) is 38.3 Å². The standard InChI is InChI=1S/C15H24FN3/c1-15(2,17)7-8-18-9-11-19(12-10-18)14-6-4-3-5-13(14)16/h3-6H,7-12,17H2,1-2H3. The Kier molecular flexibility index (Phi) is 4.42. The van der Waals surface area contributed by atoms with Crippen LogP contribution in [0.2, 0.25) is 0 Å². The van der Waals surface area contributed by atoms with Gasteiger partial charge >= 0.3 is 0 Å². The van der Waals surface area contributed by atoms with Crippen molar-refractivity contribution in [3.63, 3.8) is 0 Å². The van der Waals surface area contributed by atoms with Crippen molar-refractivity contribution in [1.82, 2.24) is 4.90 Å². The average molecular weight is 265 g/mol. The molecule has 0 bridgehead atoms. The second-order valence-electron chi connectivity index (χ2n) is 6.02. The molecule has 3 nitrogen and oxygen atoms in total. The van der Waals surface area contributed by atoms with E-state index in [9.17, 15) is 4.39 Å². The molecular weight excluding hydrogens is 241 g/mol. The predicted molar refractivity (Wildman–Crippen MR) is 77.9 cm³/mol. The number of anilines is 1. The minimum Gasteiger partial charge on any atom is -0.367 e. The molecule has 1 aromatic rings. The third-order valence-electron chi connectivity index (χ3n) is 3.64. The third kappa shape index (κ3) is 4.18. The lowest BCUT2D eigenvalue weighted by atomic mass is 10.0. The van der Waals surface area contributed by atoms with Gasteiger partial charge in [-0.05, 0) is 32.4 Å². The zero-order chi connectivity index (χ0) is 13.9. The Labute approximate surface area is 115 Å². The number of piperazine rings is 1. The second kappa shape index (κ2) is 5.88. The van der Waals surface area contributed by atoms with E-state index in [2.05, 4.69) is 23.6 Å². The average Bonchev–Trinajstić information content (AvgIpc) is 2.37. The molecule has 1 aliphatic heterocycles. The van der Waals surface area contributed by atoms with Gasteiger partial charge in [-0.15, -0.1) is 0 Å².